The van der Waals surface area contributed by atoms with Crippen molar-refractivity contribution in [1.29, 1.82) is 0 Å². The summed E-state index contributed by atoms with van der Waals surface area (Å²) in [5, 5.41) is 4.82. The first kappa shape index (κ1) is 16.5. The number of nitrogen functional groups attached to an aromatic ring is 1. The smallest absolute Gasteiger partial charge is 0.407 e. The molecule has 1 aliphatic heterocycles. The van der Waals surface area contributed by atoms with E-state index < -0.39 is 6.09 Å². The van der Waals surface area contributed by atoms with Crippen molar-refractivity contribution in [2.45, 2.75) is 45.3 Å². The Hall–Kier alpha value is -1.83. The van der Waals surface area contributed by atoms with E-state index in [1.165, 1.54) is 11.3 Å². The Bertz CT molecular complexity index is 545. The number of aromatic nitrogens is 1. The van der Waals surface area contributed by atoms with Gasteiger partial charge in [0.25, 0.3) is 5.91 Å². The summed E-state index contributed by atoms with van der Waals surface area (Å²) in [5.41, 5.74) is 5.61. The number of likely N-dealkylation sites (tertiary alicyclic amines) is 1. The SMILES string of the molecule is CC(C)(C)NC(=O)OC1CCN(C(=O)c2csc(N)n2)CC1. The highest BCUT2D eigenvalue weighted by Gasteiger charge is 2.27. The van der Waals surface area contributed by atoms with Gasteiger partial charge in [0.1, 0.15) is 11.8 Å². The van der Waals surface area contributed by atoms with Crippen LogP contribution in [0.2, 0.25) is 0 Å². The number of piperidine rings is 1. The molecule has 3 N–H and O–H groups in total. The van der Waals surface area contributed by atoms with Crippen LogP contribution in [0.4, 0.5) is 9.93 Å². The van der Waals surface area contributed by atoms with Crippen LogP contribution in [0.5, 0.6) is 0 Å². The number of hydrogen-bond acceptors (Lipinski definition) is 6. The van der Waals surface area contributed by atoms with Crippen molar-refractivity contribution in [2.24, 2.45) is 0 Å². The molecular formula is C14H22N4O3S. The Labute approximate surface area is 133 Å². The van der Waals surface area contributed by atoms with Gasteiger partial charge in [-0.2, -0.15) is 0 Å². The van der Waals surface area contributed by atoms with Crippen LogP contribution >= 0.6 is 11.3 Å². The predicted molar refractivity (Wildman–Crippen MR) is 84.8 cm³/mol. The predicted octanol–water partition coefficient (Wildman–Crippen LogP) is 1.85. The molecule has 1 saturated heterocycles. The molecule has 122 valence electrons. The maximum absolute atomic E-state index is 12.2. The van der Waals surface area contributed by atoms with E-state index in [0.717, 1.165) is 0 Å². The first-order valence-electron chi connectivity index (χ1n) is 7.24. The number of anilines is 1. The van der Waals surface area contributed by atoms with E-state index >= 15 is 0 Å². The Kier molecular flexibility index (Phi) is 4.90. The van der Waals surface area contributed by atoms with Gasteiger partial charge in [-0.05, 0) is 20.8 Å². The first-order valence-corrected chi connectivity index (χ1v) is 8.11. The molecule has 1 aliphatic rings. The lowest BCUT2D eigenvalue weighted by atomic mass is 10.1. The van der Waals surface area contributed by atoms with Crippen LogP contribution in [0.1, 0.15) is 44.1 Å². The van der Waals surface area contributed by atoms with Crippen molar-refractivity contribution in [1.82, 2.24) is 15.2 Å². The lowest BCUT2D eigenvalue weighted by Gasteiger charge is -2.32. The summed E-state index contributed by atoms with van der Waals surface area (Å²) in [4.78, 5) is 29.7. The van der Waals surface area contributed by atoms with E-state index in [9.17, 15) is 9.59 Å². The van der Waals surface area contributed by atoms with Gasteiger partial charge >= 0.3 is 6.09 Å². The van der Waals surface area contributed by atoms with E-state index in [1.54, 1.807) is 10.3 Å². The van der Waals surface area contributed by atoms with Crippen LogP contribution in [0.15, 0.2) is 5.38 Å². The quantitative estimate of drug-likeness (QED) is 0.864. The number of alkyl carbamates (subject to hydrolysis) is 1. The van der Waals surface area contributed by atoms with Gasteiger partial charge in [0.15, 0.2) is 5.13 Å². The molecule has 1 aromatic heterocycles. The molecule has 2 heterocycles. The monoisotopic (exact) mass is 326 g/mol. The Balaban J connectivity index is 1.80. The van der Waals surface area contributed by atoms with Gasteiger partial charge in [-0.15, -0.1) is 11.3 Å². The number of nitrogens with two attached hydrogens (primary N) is 1. The van der Waals surface area contributed by atoms with Crippen molar-refractivity contribution >= 4 is 28.5 Å². The summed E-state index contributed by atoms with van der Waals surface area (Å²) < 4.78 is 5.38. The second-order valence-electron chi connectivity index (χ2n) is 6.34. The number of rotatable bonds is 2. The van der Waals surface area contributed by atoms with Gasteiger partial charge in [-0.25, -0.2) is 9.78 Å². The Morgan fingerprint density at radius 1 is 1.41 bits per heavy atom. The number of carbonyl (C=O) groups excluding carboxylic acids is 2. The highest BCUT2D eigenvalue weighted by atomic mass is 32.1. The van der Waals surface area contributed by atoms with Crippen LogP contribution in [-0.4, -0.2) is 46.6 Å². The van der Waals surface area contributed by atoms with Gasteiger partial charge in [0, 0.05) is 36.9 Å². The third kappa shape index (κ3) is 4.59. The number of amides is 2. The molecule has 2 amide bonds. The number of nitrogens with one attached hydrogen (secondary N) is 1. The molecule has 0 aromatic carbocycles. The molecule has 0 radical (unpaired) electrons. The second-order valence-corrected chi connectivity index (χ2v) is 7.23. The summed E-state index contributed by atoms with van der Waals surface area (Å²) in [6, 6.07) is 0. The fraction of sp³-hybridized carbons (Fsp3) is 0.643. The van der Waals surface area contributed by atoms with Crippen molar-refractivity contribution < 1.29 is 14.3 Å². The van der Waals surface area contributed by atoms with E-state index in [4.69, 9.17) is 10.5 Å². The number of ether oxygens (including phenoxy) is 1. The Morgan fingerprint density at radius 2 is 2.05 bits per heavy atom. The highest BCUT2D eigenvalue weighted by Crippen LogP contribution is 2.18. The third-order valence-electron chi connectivity index (χ3n) is 3.22. The zero-order chi connectivity index (χ0) is 16.3. The maximum Gasteiger partial charge on any atom is 0.407 e. The number of nitrogens with zero attached hydrogens (tertiary/aromatic N) is 2. The number of thiazole rings is 1. The summed E-state index contributed by atoms with van der Waals surface area (Å²) in [6.07, 6.45) is 0.683. The number of carbonyl (C=O) groups is 2. The van der Waals surface area contributed by atoms with Gasteiger partial charge in [-0.1, -0.05) is 0 Å². The van der Waals surface area contributed by atoms with Gasteiger partial charge < -0.3 is 20.7 Å². The molecule has 0 atom stereocenters. The minimum atomic E-state index is -0.412. The van der Waals surface area contributed by atoms with Crippen LogP contribution < -0.4 is 11.1 Å². The lowest BCUT2D eigenvalue weighted by Crippen LogP contribution is -2.45. The van der Waals surface area contributed by atoms with Crippen molar-refractivity contribution in [3.05, 3.63) is 11.1 Å². The van der Waals surface area contributed by atoms with Crippen molar-refractivity contribution in [3.8, 4) is 0 Å². The van der Waals surface area contributed by atoms with Crippen LogP contribution in [0.3, 0.4) is 0 Å². The minimum Gasteiger partial charge on any atom is -0.446 e. The topological polar surface area (TPSA) is 97.5 Å². The number of hydrogen-bond donors (Lipinski definition) is 2. The molecule has 0 unspecified atom stereocenters. The summed E-state index contributed by atoms with van der Waals surface area (Å²) in [5.74, 6) is -0.120. The summed E-state index contributed by atoms with van der Waals surface area (Å²) in [7, 11) is 0. The molecule has 0 saturated carbocycles. The van der Waals surface area contributed by atoms with Crippen LogP contribution in [0, 0.1) is 0 Å². The molecule has 8 heteroatoms. The van der Waals surface area contributed by atoms with Crippen LogP contribution in [-0.2, 0) is 4.74 Å². The zero-order valence-corrected chi connectivity index (χ0v) is 13.9. The van der Waals surface area contributed by atoms with E-state index in [1.807, 2.05) is 20.8 Å². The van der Waals surface area contributed by atoms with Gasteiger partial charge in [0.2, 0.25) is 0 Å². The first-order chi connectivity index (χ1) is 10.2. The molecule has 2 rings (SSSR count). The van der Waals surface area contributed by atoms with Crippen molar-refractivity contribution in [3.63, 3.8) is 0 Å². The molecule has 0 aliphatic carbocycles. The fourth-order valence-corrected chi connectivity index (χ4v) is 2.75. The molecular weight excluding hydrogens is 304 g/mol. The largest absolute Gasteiger partial charge is 0.446 e. The van der Waals surface area contributed by atoms with E-state index in [0.29, 0.717) is 36.8 Å². The summed E-state index contributed by atoms with van der Waals surface area (Å²) in [6.45, 7) is 6.78. The third-order valence-corrected chi connectivity index (χ3v) is 3.89. The second kappa shape index (κ2) is 6.51. The van der Waals surface area contributed by atoms with Crippen LogP contribution in [0.25, 0.3) is 0 Å². The molecule has 0 bridgehead atoms. The fourth-order valence-electron chi connectivity index (χ4n) is 2.21. The molecule has 1 fully saturated rings. The van der Waals surface area contributed by atoms with Gasteiger partial charge in [-0.3, -0.25) is 4.79 Å². The maximum atomic E-state index is 12.2. The average Bonchev–Trinajstić information content (AvgIpc) is 2.83. The molecule has 22 heavy (non-hydrogen) atoms. The highest BCUT2D eigenvalue weighted by molar-refractivity contribution is 7.13. The van der Waals surface area contributed by atoms with E-state index in [2.05, 4.69) is 10.3 Å². The Morgan fingerprint density at radius 3 is 2.55 bits per heavy atom. The normalized spacial score (nSPS) is 16.4. The zero-order valence-electron chi connectivity index (χ0n) is 13.1. The molecule has 0 spiro atoms. The molecule has 7 nitrogen and oxygen atoms in total. The summed E-state index contributed by atoms with van der Waals surface area (Å²) >= 11 is 1.25. The van der Waals surface area contributed by atoms with Crippen molar-refractivity contribution in [2.75, 3.05) is 18.8 Å². The molecule has 1 aromatic rings. The standard InChI is InChI=1S/C14H22N4O3S/c1-14(2,3)17-13(20)21-9-4-6-18(7-5-9)11(19)10-8-22-12(15)16-10/h8-9H,4-7H2,1-3H3,(H2,15,16)(H,17,20). The minimum absolute atomic E-state index is 0.120. The van der Waals surface area contributed by atoms with Gasteiger partial charge in [0.05, 0.1) is 0 Å². The van der Waals surface area contributed by atoms with E-state index in [-0.39, 0.29) is 17.6 Å². The average molecular weight is 326 g/mol. The lowest BCUT2D eigenvalue weighted by molar-refractivity contribution is 0.0401.